The molecule has 1 aliphatic rings. The molecule has 13 heavy (non-hydrogen) atoms. The zero-order valence-electron chi connectivity index (χ0n) is 7.81. The van der Waals surface area contributed by atoms with Crippen LogP contribution in [0.3, 0.4) is 0 Å². The van der Waals surface area contributed by atoms with Gasteiger partial charge in [0.25, 0.3) is 0 Å². The Labute approximate surface area is 78.0 Å². The highest BCUT2D eigenvalue weighted by atomic mass is 19.1. The monoisotopic (exact) mass is 179 g/mol. The van der Waals surface area contributed by atoms with Crippen molar-refractivity contribution in [2.75, 3.05) is 7.05 Å². The van der Waals surface area contributed by atoms with E-state index < -0.39 is 5.67 Å². The molecule has 0 radical (unpaired) electrons. The number of rotatable bonds is 3. The second kappa shape index (κ2) is 3.11. The molecule has 1 aromatic carbocycles. The summed E-state index contributed by atoms with van der Waals surface area (Å²) in [5.74, 6) is 0. The van der Waals surface area contributed by atoms with Crippen molar-refractivity contribution in [3.63, 3.8) is 0 Å². The molecule has 0 saturated heterocycles. The van der Waals surface area contributed by atoms with E-state index in [9.17, 15) is 4.39 Å². The molecule has 70 valence electrons. The number of benzene rings is 1. The van der Waals surface area contributed by atoms with E-state index in [0.29, 0.717) is 12.8 Å². The smallest absolute Gasteiger partial charge is 0.136 e. The summed E-state index contributed by atoms with van der Waals surface area (Å²) in [6, 6.07) is 7.79. The molecule has 0 unspecified atom stereocenters. The highest BCUT2D eigenvalue weighted by Gasteiger charge is 2.44. The van der Waals surface area contributed by atoms with Crippen molar-refractivity contribution in [3.8, 4) is 0 Å². The van der Waals surface area contributed by atoms with Gasteiger partial charge in [0, 0.05) is 6.54 Å². The third-order valence-corrected chi connectivity index (χ3v) is 2.51. The van der Waals surface area contributed by atoms with E-state index in [0.717, 1.165) is 17.7 Å². The molecule has 0 aliphatic heterocycles. The molecule has 2 heteroatoms. The van der Waals surface area contributed by atoms with Gasteiger partial charge in [0.15, 0.2) is 0 Å². The Morgan fingerprint density at radius 2 is 2.23 bits per heavy atom. The maximum absolute atomic E-state index is 13.6. The molecule has 0 bridgehead atoms. The van der Waals surface area contributed by atoms with Crippen LogP contribution >= 0.6 is 0 Å². The summed E-state index contributed by atoms with van der Waals surface area (Å²) < 4.78 is 13.6. The first-order valence-corrected chi connectivity index (χ1v) is 4.67. The van der Waals surface area contributed by atoms with Gasteiger partial charge in [-0.2, -0.15) is 0 Å². The van der Waals surface area contributed by atoms with Gasteiger partial charge in [-0.1, -0.05) is 24.3 Å². The van der Waals surface area contributed by atoms with E-state index in [1.165, 1.54) is 0 Å². The molecule has 1 N–H and O–H groups in total. The predicted molar refractivity (Wildman–Crippen MR) is 51.2 cm³/mol. The van der Waals surface area contributed by atoms with Crippen LogP contribution in [0.15, 0.2) is 24.3 Å². The molecule has 0 spiro atoms. The third-order valence-electron chi connectivity index (χ3n) is 2.51. The van der Waals surface area contributed by atoms with Gasteiger partial charge in [-0.3, -0.25) is 0 Å². The fourth-order valence-corrected chi connectivity index (χ4v) is 1.56. The molecule has 1 saturated carbocycles. The molecule has 0 amide bonds. The fraction of sp³-hybridized carbons (Fsp3) is 0.455. The topological polar surface area (TPSA) is 12.0 Å². The van der Waals surface area contributed by atoms with Gasteiger partial charge in [-0.05, 0) is 31.0 Å². The van der Waals surface area contributed by atoms with Crippen LogP contribution in [0.5, 0.6) is 0 Å². The van der Waals surface area contributed by atoms with E-state index in [-0.39, 0.29) is 0 Å². The summed E-state index contributed by atoms with van der Waals surface area (Å²) in [5, 5.41) is 3.06. The minimum atomic E-state index is -0.996. The Hall–Kier alpha value is -0.890. The van der Waals surface area contributed by atoms with Crippen LogP contribution in [0.4, 0.5) is 4.39 Å². The summed E-state index contributed by atoms with van der Waals surface area (Å²) in [7, 11) is 1.90. The lowest BCUT2D eigenvalue weighted by atomic mass is 10.1. The van der Waals surface area contributed by atoms with E-state index >= 15 is 0 Å². The summed E-state index contributed by atoms with van der Waals surface area (Å²) >= 11 is 0. The number of hydrogen-bond acceptors (Lipinski definition) is 1. The van der Waals surface area contributed by atoms with Gasteiger partial charge in [0.05, 0.1) is 0 Å². The minimum absolute atomic E-state index is 0.690. The molecule has 0 heterocycles. The molecule has 1 fully saturated rings. The average molecular weight is 179 g/mol. The maximum atomic E-state index is 13.6. The van der Waals surface area contributed by atoms with Crippen LogP contribution in [0.25, 0.3) is 0 Å². The molecule has 0 atom stereocenters. The van der Waals surface area contributed by atoms with E-state index in [1.54, 1.807) is 0 Å². The second-order valence-corrected chi connectivity index (χ2v) is 3.70. The van der Waals surface area contributed by atoms with Crippen LogP contribution in [0.2, 0.25) is 0 Å². The summed E-state index contributed by atoms with van der Waals surface area (Å²) in [4.78, 5) is 0. The lowest BCUT2D eigenvalue weighted by Gasteiger charge is -2.07. The van der Waals surface area contributed by atoms with Crippen molar-refractivity contribution in [2.45, 2.75) is 25.1 Å². The van der Waals surface area contributed by atoms with Crippen LogP contribution in [-0.4, -0.2) is 7.05 Å². The van der Waals surface area contributed by atoms with Crippen LogP contribution in [0, 0.1) is 0 Å². The highest BCUT2D eigenvalue weighted by molar-refractivity contribution is 5.31. The molecule has 0 aromatic heterocycles. The Kier molecular flexibility index (Phi) is 2.08. The minimum Gasteiger partial charge on any atom is -0.316 e. The van der Waals surface area contributed by atoms with Gasteiger partial charge in [0.2, 0.25) is 0 Å². The quantitative estimate of drug-likeness (QED) is 0.751. The summed E-state index contributed by atoms with van der Waals surface area (Å²) in [6.07, 6.45) is 1.38. The molecular weight excluding hydrogens is 165 g/mol. The number of halogens is 1. The van der Waals surface area contributed by atoms with Crippen molar-refractivity contribution in [1.82, 2.24) is 5.32 Å². The maximum Gasteiger partial charge on any atom is 0.136 e. The number of hydrogen-bond donors (Lipinski definition) is 1. The zero-order valence-corrected chi connectivity index (χ0v) is 7.81. The number of nitrogens with one attached hydrogen (secondary N) is 1. The van der Waals surface area contributed by atoms with Gasteiger partial charge in [-0.15, -0.1) is 0 Å². The molecule has 1 aliphatic carbocycles. The SMILES string of the molecule is CNCc1cccc(C2(F)CC2)c1. The molecule has 1 aromatic rings. The van der Waals surface area contributed by atoms with E-state index in [2.05, 4.69) is 5.32 Å². The predicted octanol–water partition coefficient (Wildman–Crippen LogP) is 2.36. The zero-order chi connectivity index (χ0) is 9.31. The van der Waals surface area contributed by atoms with Crippen molar-refractivity contribution in [3.05, 3.63) is 35.4 Å². The standard InChI is InChI=1S/C11H14FN/c1-13-8-9-3-2-4-10(7-9)11(12)5-6-11/h2-4,7,13H,5-6,8H2,1H3. The van der Waals surface area contributed by atoms with Crippen LogP contribution in [-0.2, 0) is 12.2 Å². The Morgan fingerprint density at radius 1 is 1.46 bits per heavy atom. The van der Waals surface area contributed by atoms with Gasteiger partial charge >= 0.3 is 0 Å². The van der Waals surface area contributed by atoms with Gasteiger partial charge in [-0.25, -0.2) is 4.39 Å². The molecule has 1 nitrogen and oxygen atoms in total. The summed E-state index contributed by atoms with van der Waals surface area (Å²) in [6.45, 7) is 0.809. The normalized spacial score (nSPS) is 18.6. The first kappa shape index (κ1) is 8.70. The van der Waals surface area contributed by atoms with Crippen molar-refractivity contribution in [1.29, 1.82) is 0 Å². The Morgan fingerprint density at radius 3 is 2.85 bits per heavy atom. The highest BCUT2D eigenvalue weighted by Crippen LogP contribution is 2.49. The molecule has 2 rings (SSSR count). The molecular formula is C11H14FN. The first-order chi connectivity index (χ1) is 6.24. The lowest BCUT2D eigenvalue weighted by molar-refractivity contribution is 0.317. The van der Waals surface area contributed by atoms with Crippen molar-refractivity contribution < 1.29 is 4.39 Å². The third kappa shape index (κ3) is 1.73. The van der Waals surface area contributed by atoms with Crippen LogP contribution in [0.1, 0.15) is 24.0 Å². The first-order valence-electron chi connectivity index (χ1n) is 4.67. The lowest BCUT2D eigenvalue weighted by Crippen LogP contribution is -2.06. The van der Waals surface area contributed by atoms with Gasteiger partial charge < -0.3 is 5.32 Å². The van der Waals surface area contributed by atoms with Crippen LogP contribution < -0.4 is 5.32 Å². The second-order valence-electron chi connectivity index (χ2n) is 3.70. The van der Waals surface area contributed by atoms with Gasteiger partial charge in [0.1, 0.15) is 5.67 Å². The Bertz CT molecular complexity index is 305. The number of alkyl halides is 1. The average Bonchev–Trinajstić information content (AvgIpc) is 2.86. The fourth-order valence-electron chi connectivity index (χ4n) is 1.56. The summed E-state index contributed by atoms with van der Waals surface area (Å²) in [5.41, 5.74) is 1.01. The Balaban J connectivity index is 2.22. The van der Waals surface area contributed by atoms with E-state index in [1.807, 2.05) is 31.3 Å². The van der Waals surface area contributed by atoms with Crippen molar-refractivity contribution in [2.24, 2.45) is 0 Å². The van der Waals surface area contributed by atoms with E-state index in [4.69, 9.17) is 0 Å². The largest absolute Gasteiger partial charge is 0.316 e. The van der Waals surface area contributed by atoms with Crippen molar-refractivity contribution >= 4 is 0 Å².